The Morgan fingerprint density at radius 2 is 2.23 bits per heavy atom. The van der Waals surface area contributed by atoms with E-state index in [4.69, 9.17) is 5.11 Å². The fourth-order valence-corrected chi connectivity index (χ4v) is 1.86. The van der Waals surface area contributed by atoms with E-state index in [1.54, 1.807) is 49.5 Å². The van der Waals surface area contributed by atoms with Crippen LogP contribution in [-0.2, 0) is 11.8 Å². The molecule has 0 aliphatic carbocycles. The molecule has 2 aromatic rings. The zero-order valence-electron chi connectivity index (χ0n) is 12.4. The van der Waals surface area contributed by atoms with E-state index in [-0.39, 0.29) is 19.0 Å². The molecule has 0 aliphatic rings. The van der Waals surface area contributed by atoms with Crippen molar-refractivity contribution < 1.29 is 14.7 Å². The third-order valence-electron chi connectivity index (χ3n) is 3.04. The van der Waals surface area contributed by atoms with E-state index in [1.165, 1.54) is 4.90 Å². The molecule has 2 aromatic heterocycles. The number of nitrogens with zero attached hydrogens (tertiary/aromatic N) is 4. The Bertz CT molecular complexity index is 683. The lowest BCUT2D eigenvalue weighted by Crippen LogP contribution is -2.33. The predicted octanol–water partition coefficient (Wildman–Crippen LogP) is 1.42. The molecule has 2 rings (SSSR count). The molecular weight excluding hydrogens is 286 g/mol. The number of aliphatic carboxylic acids is 1. The standard InChI is InChI=1S/C14H17N5O3/c1-18(7-5-12(20)21)14(22)17-11-4-3-6-15-13(11)10-8-16-19(2)9-10/h3-4,6,8-9H,5,7H2,1-2H3,(H,17,22)(H,20,21). The number of urea groups is 1. The Balaban J connectivity index is 2.13. The van der Waals surface area contributed by atoms with Gasteiger partial charge >= 0.3 is 12.0 Å². The number of carboxylic acid groups (broad SMARTS) is 1. The lowest BCUT2D eigenvalue weighted by molar-refractivity contribution is -0.137. The number of aromatic nitrogens is 3. The van der Waals surface area contributed by atoms with Gasteiger partial charge in [0.25, 0.3) is 0 Å². The highest BCUT2D eigenvalue weighted by molar-refractivity contribution is 5.93. The molecule has 2 heterocycles. The second kappa shape index (κ2) is 6.70. The number of carboxylic acids is 1. The Morgan fingerprint density at radius 1 is 1.45 bits per heavy atom. The summed E-state index contributed by atoms with van der Waals surface area (Å²) in [5, 5.41) is 15.5. The normalized spacial score (nSPS) is 10.3. The van der Waals surface area contributed by atoms with Crippen LogP contribution < -0.4 is 5.32 Å². The van der Waals surface area contributed by atoms with Crippen LogP contribution in [0.25, 0.3) is 11.3 Å². The number of hydrogen-bond acceptors (Lipinski definition) is 4. The van der Waals surface area contributed by atoms with Gasteiger partial charge in [0.05, 0.1) is 24.0 Å². The molecule has 0 atom stereocenters. The molecule has 0 saturated heterocycles. The molecule has 8 nitrogen and oxygen atoms in total. The van der Waals surface area contributed by atoms with Crippen molar-refractivity contribution in [3.05, 3.63) is 30.7 Å². The first-order valence-corrected chi connectivity index (χ1v) is 6.65. The van der Waals surface area contributed by atoms with Gasteiger partial charge in [-0.15, -0.1) is 0 Å². The molecule has 116 valence electrons. The van der Waals surface area contributed by atoms with E-state index >= 15 is 0 Å². The lowest BCUT2D eigenvalue weighted by atomic mass is 10.2. The summed E-state index contributed by atoms with van der Waals surface area (Å²) in [6, 6.07) is 3.06. The second-order valence-electron chi connectivity index (χ2n) is 4.80. The highest BCUT2D eigenvalue weighted by Gasteiger charge is 2.14. The summed E-state index contributed by atoms with van der Waals surface area (Å²) < 4.78 is 1.65. The minimum absolute atomic E-state index is 0.105. The fraction of sp³-hybridized carbons (Fsp3) is 0.286. The number of anilines is 1. The first-order valence-electron chi connectivity index (χ1n) is 6.65. The van der Waals surface area contributed by atoms with Crippen LogP contribution in [0.15, 0.2) is 30.7 Å². The number of rotatable bonds is 5. The van der Waals surface area contributed by atoms with Gasteiger partial charge in [-0.05, 0) is 12.1 Å². The Morgan fingerprint density at radius 3 is 2.86 bits per heavy atom. The third kappa shape index (κ3) is 3.81. The Labute approximate surface area is 127 Å². The molecule has 2 N–H and O–H groups in total. The van der Waals surface area contributed by atoms with Crippen molar-refractivity contribution in [1.29, 1.82) is 0 Å². The minimum Gasteiger partial charge on any atom is -0.481 e. The summed E-state index contributed by atoms with van der Waals surface area (Å²) in [4.78, 5) is 28.2. The van der Waals surface area contributed by atoms with E-state index in [0.29, 0.717) is 11.4 Å². The SMILES string of the molecule is CN(CCC(=O)O)C(=O)Nc1cccnc1-c1cnn(C)c1. The third-order valence-corrected chi connectivity index (χ3v) is 3.04. The van der Waals surface area contributed by atoms with Crippen LogP contribution in [0.3, 0.4) is 0 Å². The number of amides is 2. The van der Waals surface area contributed by atoms with Gasteiger partial charge in [0.2, 0.25) is 0 Å². The summed E-state index contributed by atoms with van der Waals surface area (Å²) in [7, 11) is 3.34. The monoisotopic (exact) mass is 303 g/mol. The van der Waals surface area contributed by atoms with Gasteiger partial charge in [-0.1, -0.05) is 0 Å². The van der Waals surface area contributed by atoms with Crippen LogP contribution in [0.5, 0.6) is 0 Å². The molecule has 0 spiro atoms. The quantitative estimate of drug-likeness (QED) is 0.870. The van der Waals surface area contributed by atoms with Gasteiger partial charge in [0.1, 0.15) is 0 Å². The van der Waals surface area contributed by atoms with Gasteiger partial charge in [0.15, 0.2) is 0 Å². The van der Waals surface area contributed by atoms with E-state index in [1.807, 2.05) is 0 Å². The lowest BCUT2D eigenvalue weighted by Gasteiger charge is -2.17. The number of aryl methyl sites for hydroxylation is 1. The molecule has 2 amide bonds. The molecular formula is C14H17N5O3. The number of pyridine rings is 1. The summed E-state index contributed by atoms with van der Waals surface area (Å²) in [6.45, 7) is 0.129. The first kappa shape index (κ1) is 15.5. The molecule has 0 bridgehead atoms. The van der Waals surface area contributed by atoms with Gasteiger partial charge in [-0.25, -0.2) is 4.79 Å². The van der Waals surface area contributed by atoms with Crippen molar-refractivity contribution in [2.45, 2.75) is 6.42 Å². The molecule has 0 aliphatic heterocycles. The maximum absolute atomic E-state index is 12.1. The average Bonchev–Trinajstić information content (AvgIpc) is 2.91. The van der Waals surface area contributed by atoms with E-state index in [9.17, 15) is 9.59 Å². The van der Waals surface area contributed by atoms with Crippen LogP contribution in [-0.4, -0.2) is 50.4 Å². The van der Waals surface area contributed by atoms with Crippen molar-refractivity contribution in [3.8, 4) is 11.3 Å². The zero-order valence-corrected chi connectivity index (χ0v) is 12.4. The molecule has 0 fully saturated rings. The summed E-state index contributed by atoms with van der Waals surface area (Å²) in [5.74, 6) is -0.947. The Kier molecular flexibility index (Phi) is 4.72. The molecule has 0 saturated carbocycles. The van der Waals surface area contributed by atoms with Gasteiger partial charge in [-0.3, -0.25) is 14.5 Å². The number of carbonyl (C=O) groups excluding carboxylic acids is 1. The van der Waals surface area contributed by atoms with Crippen molar-refractivity contribution in [1.82, 2.24) is 19.7 Å². The summed E-state index contributed by atoms with van der Waals surface area (Å²) >= 11 is 0. The van der Waals surface area contributed by atoms with Gasteiger partial charge in [-0.2, -0.15) is 5.10 Å². The van der Waals surface area contributed by atoms with Crippen molar-refractivity contribution >= 4 is 17.7 Å². The van der Waals surface area contributed by atoms with Crippen molar-refractivity contribution in [2.75, 3.05) is 18.9 Å². The topological polar surface area (TPSA) is 100 Å². The molecule has 0 unspecified atom stereocenters. The van der Waals surface area contributed by atoms with Crippen molar-refractivity contribution in [2.24, 2.45) is 7.05 Å². The van der Waals surface area contributed by atoms with Crippen LogP contribution in [0.2, 0.25) is 0 Å². The molecule has 0 radical (unpaired) electrons. The van der Waals surface area contributed by atoms with E-state index in [0.717, 1.165) is 5.56 Å². The van der Waals surface area contributed by atoms with Gasteiger partial charge < -0.3 is 15.3 Å². The van der Waals surface area contributed by atoms with E-state index < -0.39 is 5.97 Å². The minimum atomic E-state index is -0.947. The zero-order chi connectivity index (χ0) is 16.1. The Hall–Kier alpha value is -2.90. The maximum Gasteiger partial charge on any atom is 0.321 e. The highest BCUT2D eigenvalue weighted by atomic mass is 16.4. The first-order chi connectivity index (χ1) is 10.5. The summed E-state index contributed by atoms with van der Waals surface area (Å²) in [6.07, 6.45) is 4.98. The average molecular weight is 303 g/mol. The largest absolute Gasteiger partial charge is 0.481 e. The van der Waals surface area contributed by atoms with Gasteiger partial charge in [0, 0.05) is 38.6 Å². The highest BCUT2D eigenvalue weighted by Crippen LogP contribution is 2.24. The second-order valence-corrected chi connectivity index (χ2v) is 4.80. The number of nitrogens with one attached hydrogen (secondary N) is 1. The number of carbonyl (C=O) groups is 2. The molecule has 8 heteroatoms. The van der Waals surface area contributed by atoms with Crippen LogP contribution in [0, 0.1) is 0 Å². The van der Waals surface area contributed by atoms with Crippen LogP contribution >= 0.6 is 0 Å². The smallest absolute Gasteiger partial charge is 0.321 e. The predicted molar refractivity (Wildman–Crippen MR) is 80.3 cm³/mol. The van der Waals surface area contributed by atoms with Crippen LogP contribution in [0.4, 0.5) is 10.5 Å². The van der Waals surface area contributed by atoms with E-state index in [2.05, 4.69) is 15.4 Å². The molecule has 22 heavy (non-hydrogen) atoms. The molecule has 0 aromatic carbocycles. The maximum atomic E-state index is 12.1. The summed E-state index contributed by atoms with van der Waals surface area (Å²) in [5.41, 5.74) is 1.94. The van der Waals surface area contributed by atoms with Crippen LogP contribution in [0.1, 0.15) is 6.42 Å². The van der Waals surface area contributed by atoms with Crippen molar-refractivity contribution in [3.63, 3.8) is 0 Å². The fourth-order valence-electron chi connectivity index (χ4n) is 1.86. The number of hydrogen-bond donors (Lipinski definition) is 2.